The molecule has 0 unspecified atom stereocenters. The minimum atomic E-state index is 0.555. The molecule has 92 valence electrons. The Kier molecular flexibility index (Phi) is 2.82. The van der Waals surface area contributed by atoms with Gasteiger partial charge in [-0.05, 0) is 19.0 Å². The standard InChI is InChI=1S/C13H14N4O/c14-7-3-6-12-16-17-13(18-12)10-8-15-11-5-2-1-4-9(10)11/h1-2,4-5,8,15H,3,6-7,14H2. The molecule has 3 aromatic rings. The summed E-state index contributed by atoms with van der Waals surface area (Å²) in [6.07, 6.45) is 3.48. The van der Waals surface area contributed by atoms with Gasteiger partial charge in [-0.1, -0.05) is 18.2 Å². The second-order valence-electron chi connectivity index (χ2n) is 4.14. The van der Waals surface area contributed by atoms with Crippen molar-refractivity contribution in [2.45, 2.75) is 12.8 Å². The lowest BCUT2D eigenvalue weighted by Crippen LogP contribution is -2.00. The Morgan fingerprint density at radius 1 is 1.22 bits per heavy atom. The number of aryl methyl sites for hydroxylation is 1. The zero-order chi connectivity index (χ0) is 12.4. The summed E-state index contributed by atoms with van der Waals surface area (Å²) in [5, 5.41) is 9.20. The Morgan fingerprint density at radius 3 is 3.00 bits per heavy atom. The first-order valence-electron chi connectivity index (χ1n) is 5.97. The van der Waals surface area contributed by atoms with Gasteiger partial charge in [-0.25, -0.2) is 0 Å². The summed E-state index contributed by atoms with van der Waals surface area (Å²) in [7, 11) is 0. The van der Waals surface area contributed by atoms with E-state index >= 15 is 0 Å². The maximum atomic E-state index is 5.64. The van der Waals surface area contributed by atoms with Crippen LogP contribution >= 0.6 is 0 Å². The number of hydrogen-bond donors (Lipinski definition) is 2. The van der Waals surface area contributed by atoms with E-state index < -0.39 is 0 Å². The zero-order valence-electron chi connectivity index (χ0n) is 9.89. The van der Waals surface area contributed by atoms with Crippen molar-refractivity contribution in [3.63, 3.8) is 0 Å². The normalized spacial score (nSPS) is 11.2. The van der Waals surface area contributed by atoms with Gasteiger partial charge in [0.15, 0.2) is 0 Å². The molecule has 5 heteroatoms. The molecule has 3 rings (SSSR count). The third-order valence-corrected chi connectivity index (χ3v) is 2.88. The fraction of sp³-hybridized carbons (Fsp3) is 0.231. The average molecular weight is 242 g/mol. The van der Waals surface area contributed by atoms with E-state index in [-0.39, 0.29) is 0 Å². The Labute approximate surface area is 104 Å². The minimum absolute atomic E-state index is 0.555. The summed E-state index contributed by atoms with van der Waals surface area (Å²) < 4.78 is 5.64. The Morgan fingerprint density at radius 2 is 2.11 bits per heavy atom. The molecule has 0 spiro atoms. The van der Waals surface area contributed by atoms with Gasteiger partial charge in [0.25, 0.3) is 0 Å². The highest BCUT2D eigenvalue weighted by atomic mass is 16.4. The summed E-state index contributed by atoms with van der Waals surface area (Å²) in [6, 6.07) is 8.03. The Hall–Kier alpha value is -2.14. The SMILES string of the molecule is NCCCc1nnc(-c2c[nH]c3ccccc23)o1. The fourth-order valence-electron chi connectivity index (χ4n) is 1.97. The van der Waals surface area contributed by atoms with Crippen molar-refractivity contribution in [2.24, 2.45) is 5.73 Å². The van der Waals surface area contributed by atoms with Gasteiger partial charge >= 0.3 is 0 Å². The minimum Gasteiger partial charge on any atom is -0.421 e. The molecule has 0 aliphatic heterocycles. The van der Waals surface area contributed by atoms with Crippen LogP contribution in [0, 0.1) is 0 Å². The van der Waals surface area contributed by atoms with Gasteiger partial charge in [0.1, 0.15) is 0 Å². The number of fused-ring (bicyclic) bond motifs is 1. The fourth-order valence-corrected chi connectivity index (χ4v) is 1.97. The first kappa shape index (κ1) is 11.0. The molecule has 2 aromatic heterocycles. The maximum Gasteiger partial charge on any atom is 0.249 e. The number of hydrogen-bond acceptors (Lipinski definition) is 4. The van der Waals surface area contributed by atoms with Crippen molar-refractivity contribution in [1.29, 1.82) is 0 Å². The lowest BCUT2D eigenvalue weighted by Gasteiger charge is -1.92. The highest BCUT2D eigenvalue weighted by molar-refractivity contribution is 5.93. The van der Waals surface area contributed by atoms with Crippen molar-refractivity contribution in [3.8, 4) is 11.5 Å². The molecule has 0 radical (unpaired) electrons. The van der Waals surface area contributed by atoms with Crippen LogP contribution in [0.25, 0.3) is 22.4 Å². The molecule has 0 atom stereocenters. The number of nitrogens with one attached hydrogen (secondary N) is 1. The number of rotatable bonds is 4. The third-order valence-electron chi connectivity index (χ3n) is 2.88. The number of aromatic nitrogens is 3. The predicted molar refractivity (Wildman–Crippen MR) is 69.0 cm³/mol. The quantitative estimate of drug-likeness (QED) is 0.734. The van der Waals surface area contributed by atoms with Gasteiger partial charge < -0.3 is 15.1 Å². The molecule has 0 bridgehead atoms. The van der Waals surface area contributed by atoms with E-state index in [0.717, 1.165) is 29.3 Å². The molecule has 2 heterocycles. The lowest BCUT2D eigenvalue weighted by molar-refractivity contribution is 0.499. The van der Waals surface area contributed by atoms with Crippen molar-refractivity contribution < 1.29 is 4.42 Å². The summed E-state index contributed by atoms with van der Waals surface area (Å²) in [5.74, 6) is 1.19. The molecule has 0 fully saturated rings. The lowest BCUT2D eigenvalue weighted by atomic mass is 10.2. The Bertz CT molecular complexity index is 656. The number of para-hydroxylation sites is 1. The topological polar surface area (TPSA) is 80.7 Å². The smallest absolute Gasteiger partial charge is 0.249 e. The average Bonchev–Trinajstić information content (AvgIpc) is 3.02. The van der Waals surface area contributed by atoms with Crippen molar-refractivity contribution in [2.75, 3.05) is 6.54 Å². The number of aromatic amines is 1. The second kappa shape index (κ2) is 4.62. The van der Waals surface area contributed by atoms with E-state index in [1.165, 1.54) is 0 Å². The summed E-state index contributed by atoms with van der Waals surface area (Å²) in [5.41, 5.74) is 7.46. The van der Waals surface area contributed by atoms with Crippen LogP contribution in [0.15, 0.2) is 34.9 Å². The first-order chi connectivity index (χ1) is 8.88. The molecule has 1 aromatic carbocycles. The molecule has 5 nitrogen and oxygen atoms in total. The summed E-state index contributed by atoms with van der Waals surface area (Å²) >= 11 is 0. The van der Waals surface area contributed by atoms with Gasteiger partial charge in [-0.15, -0.1) is 10.2 Å². The van der Waals surface area contributed by atoms with E-state index in [0.29, 0.717) is 18.3 Å². The monoisotopic (exact) mass is 242 g/mol. The third kappa shape index (κ3) is 1.89. The van der Waals surface area contributed by atoms with Gasteiger partial charge in [-0.2, -0.15) is 0 Å². The summed E-state index contributed by atoms with van der Waals surface area (Å²) in [4.78, 5) is 3.19. The van der Waals surface area contributed by atoms with Crippen molar-refractivity contribution >= 4 is 10.9 Å². The van der Waals surface area contributed by atoms with Crippen LogP contribution in [0.2, 0.25) is 0 Å². The van der Waals surface area contributed by atoms with Crippen LogP contribution in [0.1, 0.15) is 12.3 Å². The molecule has 0 amide bonds. The molecule has 0 saturated heterocycles. The maximum absolute atomic E-state index is 5.64. The number of benzene rings is 1. The zero-order valence-corrected chi connectivity index (χ0v) is 9.89. The van der Waals surface area contributed by atoms with Crippen LogP contribution < -0.4 is 5.73 Å². The van der Waals surface area contributed by atoms with Gasteiger partial charge in [0.05, 0.1) is 5.56 Å². The molecule has 18 heavy (non-hydrogen) atoms. The predicted octanol–water partition coefficient (Wildman–Crippen LogP) is 2.11. The Balaban J connectivity index is 1.96. The van der Waals surface area contributed by atoms with Crippen LogP contribution in [0.5, 0.6) is 0 Å². The van der Waals surface area contributed by atoms with E-state index in [4.69, 9.17) is 10.2 Å². The van der Waals surface area contributed by atoms with Gasteiger partial charge in [0.2, 0.25) is 11.8 Å². The second-order valence-corrected chi connectivity index (χ2v) is 4.14. The number of H-pyrrole nitrogens is 1. The number of nitrogens with zero attached hydrogens (tertiary/aromatic N) is 2. The largest absolute Gasteiger partial charge is 0.421 e. The summed E-state index contributed by atoms with van der Waals surface area (Å²) in [6.45, 7) is 0.630. The van der Waals surface area contributed by atoms with Gasteiger partial charge in [0, 0.05) is 23.5 Å². The van der Waals surface area contributed by atoms with Crippen molar-refractivity contribution in [3.05, 3.63) is 36.4 Å². The highest BCUT2D eigenvalue weighted by Gasteiger charge is 2.12. The van der Waals surface area contributed by atoms with Crippen LogP contribution in [0.4, 0.5) is 0 Å². The molecule has 0 aliphatic rings. The molecular weight excluding hydrogens is 228 g/mol. The molecule has 0 aliphatic carbocycles. The van der Waals surface area contributed by atoms with Crippen molar-refractivity contribution in [1.82, 2.24) is 15.2 Å². The van der Waals surface area contributed by atoms with E-state index in [1.807, 2.05) is 30.5 Å². The molecular formula is C13H14N4O. The van der Waals surface area contributed by atoms with E-state index in [2.05, 4.69) is 15.2 Å². The highest BCUT2D eigenvalue weighted by Crippen LogP contribution is 2.27. The van der Waals surface area contributed by atoms with Crippen LogP contribution in [0.3, 0.4) is 0 Å². The van der Waals surface area contributed by atoms with Gasteiger partial charge in [-0.3, -0.25) is 0 Å². The van der Waals surface area contributed by atoms with E-state index in [1.54, 1.807) is 0 Å². The number of nitrogens with two attached hydrogens (primary N) is 1. The molecule has 3 N–H and O–H groups in total. The molecule has 0 saturated carbocycles. The van der Waals surface area contributed by atoms with Crippen LogP contribution in [-0.2, 0) is 6.42 Å². The first-order valence-corrected chi connectivity index (χ1v) is 5.97. The van der Waals surface area contributed by atoms with E-state index in [9.17, 15) is 0 Å². The van der Waals surface area contributed by atoms with Crippen LogP contribution in [-0.4, -0.2) is 21.7 Å².